The minimum atomic E-state index is -5.50. The molecule has 2 N–H and O–H groups in total. The van der Waals surface area contributed by atoms with E-state index in [0.717, 1.165) is 0 Å². The zero-order valence-electron chi connectivity index (χ0n) is 12.2. The normalized spacial score (nSPS) is 12.5. The molecule has 1 heterocycles. The van der Waals surface area contributed by atoms with E-state index >= 15 is 0 Å². The van der Waals surface area contributed by atoms with Gasteiger partial charge in [0.15, 0.2) is 11.4 Å². The number of aromatic nitrogens is 1. The second-order valence-electron chi connectivity index (χ2n) is 5.24. The number of aromatic carboxylic acids is 2. The second-order valence-corrected chi connectivity index (χ2v) is 5.24. The van der Waals surface area contributed by atoms with Crippen LogP contribution in [0.15, 0.2) is 0 Å². The van der Waals surface area contributed by atoms with Gasteiger partial charge in [-0.25, -0.2) is 14.6 Å². The van der Waals surface area contributed by atoms with Crippen molar-refractivity contribution in [3.8, 4) is 0 Å². The van der Waals surface area contributed by atoms with Gasteiger partial charge in [0, 0.05) is 0 Å². The standard InChI is InChI=1S/C13H11F6NO4/c1-4(2)3-5-6(10(21)22)8(12(14,15)16)20-9(13(17,18)19)7(5)11(23)24/h4H,3H2,1-2H3,(H,21,22)(H,23,24). The lowest BCUT2D eigenvalue weighted by Crippen LogP contribution is -2.27. The lowest BCUT2D eigenvalue weighted by Gasteiger charge is -2.20. The van der Waals surface area contributed by atoms with Gasteiger partial charge in [0.05, 0.1) is 11.1 Å². The summed E-state index contributed by atoms with van der Waals surface area (Å²) < 4.78 is 77.9. The topological polar surface area (TPSA) is 87.5 Å². The van der Waals surface area contributed by atoms with Crippen molar-refractivity contribution in [3.05, 3.63) is 28.1 Å². The maximum Gasteiger partial charge on any atom is 0.434 e. The van der Waals surface area contributed by atoms with Crippen molar-refractivity contribution in [1.29, 1.82) is 0 Å². The molecule has 0 aliphatic heterocycles. The van der Waals surface area contributed by atoms with E-state index in [1.165, 1.54) is 13.8 Å². The molecule has 134 valence electrons. The zero-order valence-corrected chi connectivity index (χ0v) is 12.2. The predicted octanol–water partition coefficient (Wildman–Crippen LogP) is 3.71. The van der Waals surface area contributed by atoms with Crippen molar-refractivity contribution in [2.24, 2.45) is 5.92 Å². The van der Waals surface area contributed by atoms with Gasteiger partial charge >= 0.3 is 24.3 Å². The smallest absolute Gasteiger partial charge is 0.434 e. The number of hydrogen-bond acceptors (Lipinski definition) is 3. The Balaban J connectivity index is 4.10. The number of nitrogens with zero attached hydrogens (tertiary/aromatic N) is 1. The summed E-state index contributed by atoms with van der Waals surface area (Å²) in [4.78, 5) is 24.7. The molecule has 0 unspecified atom stereocenters. The number of carboxylic acids is 2. The van der Waals surface area contributed by atoms with Crippen molar-refractivity contribution in [2.45, 2.75) is 32.6 Å². The molecule has 0 radical (unpaired) electrons. The van der Waals surface area contributed by atoms with Crippen molar-refractivity contribution in [2.75, 3.05) is 0 Å². The molecular formula is C13H11F6NO4. The molecule has 11 heteroatoms. The third kappa shape index (κ3) is 3.95. The van der Waals surface area contributed by atoms with Gasteiger partial charge < -0.3 is 10.2 Å². The van der Waals surface area contributed by atoms with Gasteiger partial charge in [0.25, 0.3) is 0 Å². The Morgan fingerprint density at radius 1 is 0.917 bits per heavy atom. The lowest BCUT2D eigenvalue weighted by molar-refractivity contribution is -0.150. The van der Waals surface area contributed by atoms with E-state index < -0.39 is 64.7 Å². The molecule has 5 nitrogen and oxygen atoms in total. The average Bonchev–Trinajstić information content (AvgIpc) is 2.33. The second kappa shape index (κ2) is 6.29. The molecule has 0 bridgehead atoms. The van der Waals surface area contributed by atoms with Crippen LogP contribution in [0.3, 0.4) is 0 Å². The number of pyridine rings is 1. The number of rotatable bonds is 4. The van der Waals surface area contributed by atoms with Crippen molar-refractivity contribution >= 4 is 11.9 Å². The van der Waals surface area contributed by atoms with E-state index in [0.29, 0.717) is 0 Å². The fraction of sp³-hybridized carbons (Fsp3) is 0.462. The minimum absolute atomic E-state index is 0.606. The first kappa shape index (κ1) is 19.7. The first-order chi connectivity index (χ1) is 10.7. The molecule has 0 saturated carbocycles. The number of alkyl halides is 6. The van der Waals surface area contributed by atoms with Crippen LogP contribution < -0.4 is 0 Å². The summed E-state index contributed by atoms with van der Waals surface area (Å²) in [6.07, 6.45) is -11.6. The molecule has 0 amide bonds. The molecule has 0 spiro atoms. The number of carboxylic acid groups (broad SMARTS) is 2. The van der Waals surface area contributed by atoms with E-state index in [1.54, 1.807) is 0 Å². The molecule has 1 aromatic heterocycles. The Kier molecular flexibility index (Phi) is 5.16. The first-order valence-electron chi connectivity index (χ1n) is 6.35. The van der Waals surface area contributed by atoms with Gasteiger partial charge in [-0.1, -0.05) is 13.8 Å². The largest absolute Gasteiger partial charge is 0.478 e. The van der Waals surface area contributed by atoms with Gasteiger partial charge in [-0.15, -0.1) is 0 Å². The molecule has 0 aromatic carbocycles. The van der Waals surface area contributed by atoms with Crippen molar-refractivity contribution in [3.63, 3.8) is 0 Å². The molecule has 1 rings (SSSR count). The fourth-order valence-electron chi connectivity index (χ4n) is 2.12. The maximum absolute atomic E-state index is 13.0. The van der Waals surface area contributed by atoms with Crippen LogP contribution in [0, 0.1) is 5.92 Å². The van der Waals surface area contributed by atoms with Gasteiger partial charge in [-0.2, -0.15) is 26.3 Å². The van der Waals surface area contributed by atoms with Crippen molar-refractivity contribution < 1.29 is 46.1 Å². The Bertz CT molecular complexity index is 628. The third-order valence-electron chi connectivity index (χ3n) is 2.88. The summed E-state index contributed by atoms with van der Waals surface area (Å²) in [5.74, 6) is -5.02. The SMILES string of the molecule is CC(C)Cc1c(C(=O)O)c(C(F)(F)F)nc(C(F)(F)F)c1C(=O)O. The van der Waals surface area contributed by atoms with E-state index in [1.807, 2.05) is 0 Å². The maximum atomic E-state index is 13.0. The molecule has 0 aliphatic carbocycles. The van der Waals surface area contributed by atoms with Crippen LogP contribution in [0.1, 0.15) is 51.5 Å². The van der Waals surface area contributed by atoms with Crippen LogP contribution in [-0.2, 0) is 18.8 Å². The molecule has 1 aromatic rings. The van der Waals surface area contributed by atoms with E-state index in [4.69, 9.17) is 10.2 Å². The quantitative estimate of drug-likeness (QED) is 0.800. The molecule has 24 heavy (non-hydrogen) atoms. The minimum Gasteiger partial charge on any atom is -0.478 e. The molecule has 0 aliphatic rings. The van der Waals surface area contributed by atoms with Crippen LogP contribution in [0.4, 0.5) is 26.3 Å². The van der Waals surface area contributed by atoms with Crippen molar-refractivity contribution in [1.82, 2.24) is 4.98 Å². The number of hydrogen-bond donors (Lipinski definition) is 2. The fourth-order valence-corrected chi connectivity index (χ4v) is 2.12. The average molecular weight is 359 g/mol. The number of carbonyl (C=O) groups is 2. The Morgan fingerprint density at radius 2 is 1.25 bits per heavy atom. The Labute approximate surface area is 130 Å². The summed E-state index contributed by atoms with van der Waals surface area (Å²) in [7, 11) is 0. The highest BCUT2D eigenvalue weighted by molar-refractivity contribution is 5.98. The van der Waals surface area contributed by atoms with Gasteiger partial charge in [-0.3, -0.25) is 0 Å². The number of halogens is 6. The highest BCUT2D eigenvalue weighted by atomic mass is 19.4. The third-order valence-corrected chi connectivity index (χ3v) is 2.88. The molecule has 0 fully saturated rings. The zero-order chi connectivity index (χ0) is 19.0. The molecule has 0 atom stereocenters. The van der Waals surface area contributed by atoms with E-state index in [-0.39, 0.29) is 0 Å². The van der Waals surface area contributed by atoms with Crippen LogP contribution in [-0.4, -0.2) is 27.1 Å². The van der Waals surface area contributed by atoms with Crippen LogP contribution in [0.5, 0.6) is 0 Å². The Hall–Kier alpha value is -2.33. The van der Waals surface area contributed by atoms with Gasteiger partial charge in [-0.05, 0) is 17.9 Å². The predicted molar refractivity (Wildman–Crippen MR) is 66.7 cm³/mol. The van der Waals surface area contributed by atoms with Crippen LogP contribution >= 0.6 is 0 Å². The highest BCUT2D eigenvalue weighted by Crippen LogP contribution is 2.39. The van der Waals surface area contributed by atoms with E-state index in [9.17, 15) is 35.9 Å². The lowest BCUT2D eigenvalue weighted by atomic mass is 9.91. The van der Waals surface area contributed by atoms with Gasteiger partial charge in [0.2, 0.25) is 0 Å². The monoisotopic (exact) mass is 359 g/mol. The summed E-state index contributed by atoms with van der Waals surface area (Å²) in [5, 5.41) is 18.0. The molecular weight excluding hydrogens is 348 g/mol. The van der Waals surface area contributed by atoms with E-state index in [2.05, 4.69) is 4.98 Å². The summed E-state index contributed by atoms with van der Waals surface area (Å²) in [5.41, 5.74) is -8.77. The summed E-state index contributed by atoms with van der Waals surface area (Å²) >= 11 is 0. The first-order valence-corrected chi connectivity index (χ1v) is 6.35. The molecule has 0 saturated heterocycles. The van der Waals surface area contributed by atoms with Crippen LogP contribution in [0.25, 0.3) is 0 Å². The Morgan fingerprint density at radius 3 is 1.46 bits per heavy atom. The highest BCUT2D eigenvalue weighted by Gasteiger charge is 2.46. The van der Waals surface area contributed by atoms with Crippen LogP contribution in [0.2, 0.25) is 0 Å². The summed E-state index contributed by atoms with van der Waals surface area (Å²) in [6, 6.07) is 0. The summed E-state index contributed by atoms with van der Waals surface area (Å²) in [6.45, 7) is 2.77. The van der Waals surface area contributed by atoms with Gasteiger partial charge in [0.1, 0.15) is 0 Å².